The molecule has 21 heavy (non-hydrogen) atoms. The van der Waals surface area contributed by atoms with Gasteiger partial charge in [-0.25, -0.2) is 8.42 Å². The lowest BCUT2D eigenvalue weighted by molar-refractivity contribution is 0.600. The third-order valence-electron chi connectivity index (χ3n) is 3.01. The van der Waals surface area contributed by atoms with Gasteiger partial charge < -0.3 is 5.73 Å². The lowest BCUT2D eigenvalue weighted by Gasteiger charge is -2.14. The minimum atomic E-state index is -3.75. The number of anilines is 2. The van der Waals surface area contributed by atoms with Gasteiger partial charge in [0.25, 0.3) is 10.0 Å². The smallest absolute Gasteiger partial charge is 0.262 e. The number of halogens is 2. The number of sulfonamides is 1. The van der Waals surface area contributed by atoms with Gasteiger partial charge in [-0.3, -0.25) is 4.72 Å². The highest BCUT2D eigenvalue weighted by atomic mass is 79.9. The van der Waals surface area contributed by atoms with Crippen LogP contribution in [0.1, 0.15) is 11.1 Å². The Hall–Kier alpha value is -1.24. The van der Waals surface area contributed by atoms with Gasteiger partial charge in [-0.2, -0.15) is 0 Å². The maximum Gasteiger partial charge on any atom is 0.262 e. The van der Waals surface area contributed by atoms with Crippen molar-refractivity contribution < 1.29 is 8.42 Å². The minimum Gasteiger partial charge on any atom is -0.398 e. The predicted octanol–water partition coefficient (Wildman–Crippen LogP) is 4.10. The average Bonchev–Trinajstić information content (AvgIpc) is 2.37. The van der Waals surface area contributed by atoms with E-state index < -0.39 is 10.0 Å². The Morgan fingerprint density at radius 3 is 2.48 bits per heavy atom. The molecule has 0 spiro atoms. The molecule has 0 saturated heterocycles. The summed E-state index contributed by atoms with van der Waals surface area (Å²) in [6.45, 7) is 3.47. The quantitative estimate of drug-likeness (QED) is 0.776. The van der Waals surface area contributed by atoms with E-state index in [2.05, 4.69) is 20.7 Å². The van der Waals surface area contributed by atoms with Crippen LogP contribution in [-0.4, -0.2) is 8.42 Å². The molecule has 4 nitrogen and oxygen atoms in total. The van der Waals surface area contributed by atoms with E-state index in [4.69, 9.17) is 17.3 Å². The fraction of sp³-hybridized carbons (Fsp3) is 0.143. The van der Waals surface area contributed by atoms with E-state index in [1.165, 1.54) is 0 Å². The summed E-state index contributed by atoms with van der Waals surface area (Å²) in [5.74, 6) is 0. The average molecular weight is 390 g/mol. The molecule has 0 radical (unpaired) electrons. The van der Waals surface area contributed by atoms with Crippen molar-refractivity contribution >= 4 is 48.9 Å². The van der Waals surface area contributed by atoms with Gasteiger partial charge in [0, 0.05) is 10.2 Å². The van der Waals surface area contributed by atoms with Gasteiger partial charge in [-0.15, -0.1) is 0 Å². The molecular weight excluding hydrogens is 376 g/mol. The van der Waals surface area contributed by atoms with Crippen molar-refractivity contribution in [3.05, 3.63) is 51.0 Å². The highest BCUT2D eigenvalue weighted by Crippen LogP contribution is 2.30. The number of nitrogen functional groups attached to an aromatic ring is 1. The van der Waals surface area contributed by atoms with E-state index in [9.17, 15) is 8.42 Å². The summed E-state index contributed by atoms with van der Waals surface area (Å²) in [5.41, 5.74) is 7.89. The minimum absolute atomic E-state index is 0.152. The van der Waals surface area contributed by atoms with E-state index in [1.54, 1.807) is 44.2 Å². The zero-order chi connectivity index (χ0) is 15.8. The fourth-order valence-corrected chi connectivity index (χ4v) is 4.12. The normalized spacial score (nSPS) is 11.4. The fourth-order valence-electron chi connectivity index (χ4n) is 1.90. The molecule has 0 atom stereocenters. The van der Waals surface area contributed by atoms with Crippen molar-refractivity contribution in [3.63, 3.8) is 0 Å². The lowest BCUT2D eigenvalue weighted by atomic mass is 10.1. The molecule has 0 saturated carbocycles. The number of hydrogen-bond donors (Lipinski definition) is 2. The zero-order valence-electron chi connectivity index (χ0n) is 11.4. The third-order valence-corrected chi connectivity index (χ3v) is 5.31. The van der Waals surface area contributed by atoms with E-state index >= 15 is 0 Å². The Balaban J connectivity index is 2.48. The van der Waals surface area contributed by atoms with Crippen LogP contribution in [-0.2, 0) is 10.0 Å². The topological polar surface area (TPSA) is 72.2 Å². The van der Waals surface area contributed by atoms with Crippen molar-refractivity contribution in [1.29, 1.82) is 0 Å². The number of nitrogens with two attached hydrogens (primary N) is 1. The first kappa shape index (κ1) is 16.1. The highest BCUT2D eigenvalue weighted by molar-refractivity contribution is 9.10. The van der Waals surface area contributed by atoms with Gasteiger partial charge in [-0.05, 0) is 55.3 Å². The molecule has 0 unspecified atom stereocenters. The standard InChI is InChI=1S/C14H14BrClN2O2S/c1-8-5-12(17)9(2)14(6-8)21(19,20)18-13-4-3-10(15)7-11(13)16/h3-7,18H,17H2,1-2H3. The highest BCUT2D eigenvalue weighted by Gasteiger charge is 2.20. The molecule has 3 N–H and O–H groups in total. The van der Waals surface area contributed by atoms with E-state index in [-0.39, 0.29) is 4.90 Å². The molecule has 112 valence electrons. The second-order valence-corrected chi connectivity index (χ2v) is 7.68. The van der Waals surface area contributed by atoms with Crippen LogP contribution in [0.25, 0.3) is 0 Å². The molecule has 0 heterocycles. The second-order valence-electron chi connectivity index (χ2n) is 4.71. The molecule has 7 heteroatoms. The van der Waals surface area contributed by atoms with Crippen LogP contribution in [0, 0.1) is 13.8 Å². The van der Waals surface area contributed by atoms with Crippen molar-refractivity contribution in [2.45, 2.75) is 18.7 Å². The SMILES string of the molecule is Cc1cc(N)c(C)c(S(=O)(=O)Nc2ccc(Br)cc2Cl)c1. The number of hydrogen-bond acceptors (Lipinski definition) is 3. The summed E-state index contributed by atoms with van der Waals surface area (Å²) in [6.07, 6.45) is 0. The van der Waals surface area contributed by atoms with Crippen LogP contribution in [0.3, 0.4) is 0 Å². The van der Waals surface area contributed by atoms with Crippen LogP contribution in [0.2, 0.25) is 5.02 Å². The van der Waals surface area contributed by atoms with Gasteiger partial charge in [-0.1, -0.05) is 27.5 Å². The molecule has 0 bridgehead atoms. The van der Waals surface area contributed by atoms with Crippen LogP contribution in [0.15, 0.2) is 39.7 Å². The number of rotatable bonds is 3. The monoisotopic (exact) mass is 388 g/mol. The van der Waals surface area contributed by atoms with Crippen LogP contribution in [0.5, 0.6) is 0 Å². The summed E-state index contributed by atoms with van der Waals surface area (Å²) in [4.78, 5) is 0.152. The summed E-state index contributed by atoms with van der Waals surface area (Å²) in [6, 6.07) is 8.25. The molecule has 0 aromatic heterocycles. The molecule has 0 aliphatic rings. The van der Waals surface area contributed by atoms with Crippen molar-refractivity contribution in [2.75, 3.05) is 10.5 Å². The van der Waals surface area contributed by atoms with Crippen LogP contribution < -0.4 is 10.5 Å². The molecule has 0 amide bonds. The van der Waals surface area contributed by atoms with E-state index in [0.29, 0.717) is 22.0 Å². The molecule has 2 rings (SSSR count). The molecule has 0 fully saturated rings. The number of aryl methyl sites for hydroxylation is 1. The predicted molar refractivity (Wildman–Crippen MR) is 90.3 cm³/mol. The van der Waals surface area contributed by atoms with Gasteiger partial charge >= 0.3 is 0 Å². The first-order valence-electron chi connectivity index (χ1n) is 6.05. The molecule has 2 aromatic carbocycles. The lowest BCUT2D eigenvalue weighted by Crippen LogP contribution is -2.15. The zero-order valence-corrected chi connectivity index (χ0v) is 14.6. The van der Waals surface area contributed by atoms with Crippen LogP contribution >= 0.6 is 27.5 Å². The van der Waals surface area contributed by atoms with Gasteiger partial charge in [0.1, 0.15) is 0 Å². The summed E-state index contributed by atoms with van der Waals surface area (Å²) in [5, 5.41) is 0.311. The Labute approximate surface area is 137 Å². The summed E-state index contributed by atoms with van der Waals surface area (Å²) < 4.78 is 28.3. The van der Waals surface area contributed by atoms with Gasteiger partial charge in [0.2, 0.25) is 0 Å². The molecule has 0 aliphatic carbocycles. The maximum absolute atomic E-state index is 12.5. The van der Waals surface area contributed by atoms with Gasteiger partial charge in [0.05, 0.1) is 15.6 Å². The third kappa shape index (κ3) is 3.51. The van der Waals surface area contributed by atoms with Crippen LogP contribution in [0.4, 0.5) is 11.4 Å². The molecule has 2 aromatic rings. The summed E-state index contributed by atoms with van der Waals surface area (Å²) in [7, 11) is -3.75. The van der Waals surface area contributed by atoms with Crippen molar-refractivity contribution in [1.82, 2.24) is 0 Å². The number of nitrogens with one attached hydrogen (secondary N) is 1. The Bertz CT molecular complexity index is 807. The Morgan fingerprint density at radius 1 is 1.19 bits per heavy atom. The second kappa shape index (κ2) is 5.87. The first-order valence-corrected chi connectivity index (χ1v) is 8.71. The molecule has 0 aliphatic heterocycles. The largest absolute Gasteiger partial charge is 0.398 e. The van der Waals surface area contributed by atoms with E-state index in [1.807, 2.05) is 0 Å². The number of benzene rings is 2. The van der Waals surface area contributed by atoms with Crippen molar-refractivity contribution in [2.24, 2.45) is 0 Å². The summed E-state index contributed by atoms with van der Waals surface area (Å²) >= 11 is 9.32. The Kier molecular flexibility index (Phi) is 4.51. The Morgan fingerprint density at radius 2 is 1.86 bits per heavy atom. The van der Waals surface area contributed by atoms with Crippen molar-refractivity contribution in [3.8, 4) is 0 Å². The van der Waals surface area contributed by atoms with E-state index in [0.717, 1.165) is 10.0 Å². The maximum atomic E-state index is 12.5. The first-order chi connectivity index (χ1) is 9.70. The van der Waals surface area contributed by atoms with Gasteiger partial charge in [0.15, 0.2) is 0 Å². The molecular formula is C14H14BrClN2O2S.